The quantitative estimate of drug-likeness (QED) is 0.637. The van der Waals surface area contributed by atoms with Crippen LogP contribution in [0, 0.1) is 3.57 Å². The Morgan fingerprint density at radius 2 is 2.05 bits per heavy atom. The number of nitrogens with one attached hydrogen (secondary N) is 1. The van der Waals surface area contributed by atoms with Gasteiger partial charge in [0.2, 0.25) is 5.91 Å². The highest BCUT2D eigenvalue weighted by molar-refractivity contribution is 14.1. The Balaban J connectivity index is 1.71. The second-order valence-electron chi connectivity index (χ2n) is 4.96. The molecule has 0 unspecified atom stereocenters. The van der Waals surface area contributed by atoms with Crippen LogP contribution in [-0.2, 0) is 11.3 Å². The summed E-state index contributed by atoms with van der Waals surface area (Å²) in [6.45, 7) is 3.52. The fourth-order valence-electron chi connectivity index (χ4n) is 2.35. The lowest BCUT2D eigenvalue weighted by atomic mass is 10.2. The lowest BCUT2D eigenvalue weighted by molar-refractivity contribution is -0.130. The smallest absolute Gasteiger partial charge is 0.222 e. The zero-order valence-electron chi connectivity index (χ0n) is 11.2. The average Bonchev–Trinajstić information content (AvgIpc) is 2.62. The molecule has 19 heavy (non-hydrogen) atoms. The normalized spacial score (nSPS) is 16.5. The Hall–Kier alpha value is -0.620. The van der Waals surface area contributed by atoms with E-state index in [-0.39, 0.29) is 0 Å². The van der Waals surface area contributed by atoms with Crippen LogP contribution in [0.3, 0.4) is 0 Å². The molecule has 0 radical (unpaired) electrons. The van der Waals surface area contributed by atoms with Crippen molar-refractivity contribution < 1.29 is 4.79 Å². The van der Waals surface area contributed by atoms with Gasteiger partial charge in [-0.2, -0.15) is 0 Å². The van der Waals surface area contributed by atoms with Gasteiger partial charge in [-0.05, 0) is 47.1 Å². The molecule has 1 fully saturated rings. The number of hydrogen-bond acceptors (Lipinski definition) is 2. The number of hydrogen-bond donors (Lipinski definition) is 1. The van der Waals surface area contributed by atoms with E-state index in [1.807, 2.05) is 4.90 Å². The van der Waals surface area contributed by atoms with E-state index in [1.165, 1.54) is 15.6 Å². The average molecular weight is 372 g/mol. The van der Waals surface area contributed by atoms with Crippen LogP contribution in [-0.4, -0.2) is 30.4 Å². The van der Waals surface area contributed by atoms with Gasteiger partial charge in [0.15, 0.2) is 0 Å². The van der Waals surface area contributed by atoms with Gasteiger partial charge in [0.05, 0.1) is 0 Å². The predicted octanol–water partition coefficient (Wildman–Crippen LogP) is 2.78. The van der Waals surface area contributed by atoms with Gasteiger partial charge in [-0.1, -0.05) is 24.6 Å². The van der Waals surface area contributed by atoms with Crippen molar-refractivity contribution in [2.75, 3.05) is 19.6 Å². The molecule has 0 spiro atoms. The van der Waals surface area contributed by atoms with Gasteiger partial charge in [0.25, 0.3) is 0 Å². The first-order valence-corrected chi connectivity index (χ1v) is 8.07. The topological polar surface area (TPSA) is 32.3 Å². The summed E-state index contributed by atoms with van der Waals surface area (Å²) in [5.74, 6) is 0.327. The van der Waals surface area contributed by atoms with Gasteiger partial charge in [-0.15, -0.1) is 0 Å². The summed E-state index contributed by atoms with van der Waals surface area (Å²) < 4.78 is 1.29. The van der Waals surface area contributed by atoms with Gasteiger partial charge < -0.3 is 10.2 Å². The monoisotopic (exact) mass is 372 g/mol. The van der Waals surface area contributed by atoms with E-state index in [4.69, 9.17) is 0 Å². The van der Waals surface area contributed by atoms with Crippen LogP contribution in [0.5, 0.6) is 0 Å². The minimum Gasteiger partial charge on any atom is -0.341 e. The third-order valence-corrected chi connectivity index (χ3v) is 4.56. The molecule has 0 aliphatic carbocycles. The van der Waals surface area contributed by atoms with Crippen molar-refractivity contribution in [3.8, 4) is 0 Å². The molecule has 2 rings (SSSR count). The molecular formula is C15H21IN2O. The molecule has 104 valence electrons. The molecule has 0 saturated carbocycles. The van der Waals surface area contributed by atoms with Crippen molar-refractivity contribution in [2.45, 2.75) is 32.2 Å². The highest BCUT2D eigenvalue weighted by Crippen LogP contribution is 2.12. The summed E-state index contributed by atoms with van der Waals surface area (Å²) >= 11 is 2.36. The van der Waals surface area contributed by atoms with Crippen LogP contribution in [0.1, 0.15) is 31.2 Å². The molecule has 1 aliphatic rings. The highest BCUT2D eigenvalue weighted by Gasteiger charge is 2.15. The van der Waals surface area contributed by atoms with Crippen LogP contribution in [0.4, 0.5) is 0 Å². The van der Waals surface area contributed by atoms with E-state index in [1.54, 1.807) is 0 Å². The van der Waals surface area contributed by atoms with E-state index in [2.05, 4.69) is 52.2 Å². The summed E-state index contributed by atoms with van der Waals surface area (Å²) in [5, 5.41) is 3.43. The minimum absolute atomic E-state index is 0.327. The molecule has 1 aromatic carbocycles. The molecule has 1 N–H and O–H groups in total. The maximum atomic E-state index is 11.8. The lowest BCUT2D eigenvalue weighted by Crippen LogP contribution is -2.36. The number of carbonyl (C=O) groups is 1. The Morgan fingerprint density at radius 1 is 1.21 bits per heavy atom. The van der Waals surface area contributed by atoms with Crippen molar-refractivity contribution in [2.24, 2.45) is 0 Å². The van der Waals surface area contributed by atoms with Gasteiger partial charge in [-0.3, -0.25) is 4.79 Å². The van der Waals surface area contributed by atoms with Crippen LogP contribution >= 0.6 is 22.6 Å². The predicted molar refractivity (Wildman–Crippen MR) is 85.9 cm³/mol. The summed E-state index contributed by atoms with van der Waals surface area (Å²) in [4.78, 5) is 13.8. The number of carbonyl (C=O) groups excluding carboxylic acids is 1. The number of nitrogens with zero attached hydrogens (tertiary/aromatic N) is 1. The summed E-state index contributed by atoms with van der Waals surface area (Å²) in [5.41, 5.74) is 1.32. The van der Waals surface area contributed by atoms with Crippen LogP contribution < -0.4 is 5.32 Å². The molecule has 4 heteroatoms. The van der Waals surface area contributed by atoms with E-state index in [0.717, 1.165) is 45.4 Å². The number of benzene rings is 1. The molecule has 1 saturated heterocycles. The second-order valence-corrected chi connectivity index (χ2v) is 6.12. The van der Waals surface area contributed by atoms with Crippen molar-refractivity contribution in [3.63, 3.8) is 0 Å². The van der Waals surface area contributed by atoms with Crippen LogP contribution in [0.15, 0.2) is 24.3 Å². The molecule has 3 nitrogen and oxygen atoms in total. The zero-order chi connectivity index (χ0) is 13.5. The number of halogens is 1. The SMILES string of the molecule is O=C1CCCCCN1CCNCc1ccccc1I. The van der Waals surface area contributed by atoms with Crippen molar-refractivity contribution in [1.29, 1.82) is 0 Å². The maximum absolute atomic E-state index is 11.8. The second kappa shape index (κ2) is 7.85. The first-order chi connectivity index (χ1) is 9.27. The first kappa shape index (κ1) is 14.8. The maximum Gasteiger partial charge on any atom is 0.222 e. The third-order valence-electron chi connectivity index (χ3n) is 3.50. The number of likely N-dealkylation sites (tertiary alicyclic amines) is 1. The minimum atomic E-state index is 0.327. The van der Waals surface area contributed by atoms with E-state index in [9.17, 15) is 4.79 Å². The first-order valence-electron chi connectivity index (χ1n) is 6.99. The summed E-state index contributed by atoms with van der Waals surface area (Å²) in [6, 6.07) is 8.39. The molecule has 1 heterocycles. The molecular weight excluding hydrogens is 351 g/mol. The Labute approximate surface area is 128 Å². The summed E-state index contributed by atoms with van der Waals surface area (Å²) in [6.07, 6.45) is 4.14. The molecule has 1 amide bonds. The molecule has 0 aromatic heterocycles. The third kappa shape index (κ3) is 4.76. The van der Waals surface area contributed by atoms with Gasteiger partial charge in [0.1, 0.15) is 0 Å². The highest BCUT2D eigenvalue weighted by atomic mass is 127. The number of rotatable bonds is 5. The van der Waals surface area contributed by atoms with E-state index in [0.29, 0.717) is 5.91 Å². The van der Waals surface area contributed by atoms with Crippen molar-refractivity contribution in [3.05, 3.63) is 33.4 Å². The van der Waals surface area contributed by atoms with Gasteiger partial charge in [-0.25, -0.2) is 0 Å². The molecule has 0 bridgehead atoms. The van der Waals surface area contributed by atoms with Crippen LogP contribution in [0.2, 0.25) is 0 Å². The Kier molecular flexibility index (Phi) is 6.10. The lowest BCUT2D eigenvalue weighted by Gasteiger charge is -2.20. The zero-order valence-corrected chi connectivity index (χ0v) is 13.4. The van der Waals surface area contributed by atoms with E-state index >= 15 is 0 Å². The van der Waals surface area contributed by atoms with E-state index < -0.39 is 0 Å². The summed E-state index contributed by atoms with van der Waals surface area (Å²) in [7, 11) is 0. The largest absolute Gasteiger partial charge is 0.341 e. The molecule has 0 atom stereocenters. The van der Waals surface area contributed by atoms with Gasteiger partial charge >= 0.3 is 0 Å². The number of amides is 1. The Bertz CT molecular complexity index is 422. The van der Waals surface area contributed by atoms with Gasteiger partial charge in [0, 0.05) is 36.2 Å². The molecule has 1 aliphatic heterocycles. The standard InChI is InChI=1S/C15H21IN2O/c16-14-7-4-3-6-13(14)12-17-9-11-18-10-5-1-2-8-15(18)19/h3-4,6-7,17H,1-2,5,8-12H2. The molecule has 1 aromatic rings. The Morgan fingerprint density at radius 3 is 2.89 bits per heavy atom. The van der Waals surface area contributed by atoms with Crippen molar-refractivity contribution >= 4 is 28.5 Å². The fourth-order valence-corrected chi connectivity index (χ4v) is 2.93. The van der Waals surface area contributed by atoms with Crippen molar-refractivity contribution in [1.82, 2.24) is 10.2 Å². The fraction of sp³-hybridized carbons (Fsp3) is 0.533. The van der Waals surface area contributed by atoms with Crippen LogP contribution in [0.25, 0.3) is 0 Å².